The van der Waals surface area contributed by atoms with Crippen molar-refractivity contribution in [3.8, 4) is 11.4 Å². The molecule has 1 heterocycles. The molecule has 0 atom stereocenters. The minimum absolute atomic E-state index is 0.0632. The number of anilines is 1. The Labute approximate surface area is 180 Å². The van der Waals surface area contributed by atoms with Crippen molar-refractivity contribution in [2.75, 3.05) is 17.7 Å². The first kappa shape index (κ1) is 20.7. The largest absolute Gasteiger partial charge is 0.492 e. The summed E-state index contributed by atoms with van der Waals surface area (Å²) in [6.45, 7) is 2.40. The quantitative estimate of drug-likeness (QED) is 0.406. The molecule has 0 saturated carbocycles. The van der Waals surface area contributed by atoms with Gasteiger partial charge < -0.3 is 10.1 Å². The highest BCUT2D eigenvalue weighted by atomic mass is 35.5. The van der Waals surface area contributed by atoms with Crippen molar-refractivity contribution in [3.63, 3.8) is 0 Å². The maximum Gasteiger partial charge on any atom is 0.234 e. The van der Waals surface area contributed by atoms with Gasteiger partial charge in [-0.1, -0.05) is 58.7 Å². The Morgan fingerprint density at radius 1 is 1.18 bits per heavy atom. The number of aromatic nitrogens is 4. The molecule has 3 rings (SSSR count). The lowest BCUT2D eigenvalue weighted by molar-refractivity contribution is -0.113. The third-order valence-electron chi connectivity index (χ3n) is 3.45. The number of ether oxygens (including phenoxy) is 1. The van der Waals surface area contributed by atoms with Crippen LogP contribution in [0.4, 0.5) is 5.69 Å². The standard InChI is InChI=1S/C17H14Cl3N5O2S/c1-2-27-15-6-4-3-5-14(15)25-17(22-23-24-25)28-9-16(26)21-13-8-11(19)10(18)7-12(13)20/h3-8H,2,9H2,1H3,(H,21,26). The van der Waals surface area contributed by atoms with E-state index in [4.69, 9.17) is 39.5 Å². The van der Waals surface area contributed by atoms with E-state index in [2.05, 4.69) is 20.8 Å². The number of para-hydroxylation sites is 2. The fourth-order valence-electron chi connectivity index (χ4n) is 2.26. The van der Waals surface area contributed by atoms with E-state index >= 15 is 0 Å². The van der Waals surface area contributed by atoms with Gasteiger partial charge in [-0.3, -0.25) is 4.79 Å². The fourth-order valence-corrected chi connectivity index (χ4v) is 3.54. The second-order valence-electron chi connectivity index (χ2n) is 5.36. The van der Waals surface area contributed by atoms with Crippen molar-refractivity contribution >= 4 is 58.2 Å². The SMILES string of the molecule is CCOc1ccccc1-n1nnnc1SCC(=O)Nc1cc(Cl)c(Cl)cc1Cl. The van der Waals surface area contributed by atoms with Crippen LogP contribution in [0.1, 0.15) is 6.92 Å². The first-order valence-corrected chi connectivity index (χ1v) is 10.2. The highest BCUT2D eigenvalue weighted by Crippen LogP contribution is 2.32. The average Bonchev–Trinajstić information content (AvgIpc) is 3.13. The topological polar surface area (TPSA) is 81.9 Å². The van der Waals surface area contributed by atoms with Crippen LogP contribution < -0.4 is 10.1 Å². The molecule has 0 bridgehead atoms. The summed E-state index contributed by atoms with van der Waals surface area (Å²) in [5.74, 6) is 0.414. The molecule has 146 valence electrons. The molecule has 0 aliphatic rings. The number of carbonyl (C=O) groups excluding carboxylic acids is 1. The number of amides is 1. The van der Waals surface area contributed by atoms with Gasteiger partial charge in [-0.05, 0) is 41.6 Å². The molecular formula is C17H14Cl3N5O2S. The van der Waals surface area contributed by atoms with Crippen molar-refractivity contribution in [2.24, 2.45) is 0 Å². The van der Waals surface area contributed by atoms with Gasteiger partial charge in [0.1, 0.15) is 11.4 Å². The van der Waals surface area contributed by atoms with E-state index in [1.807, 2.05) is 31.2 Å². The van der Waals surface area contributed by atoms with E-state index < -0.39 is 0 Å². The van der Waals surface area contributed by atoms with E-state index in [0.717, 1.165) is 0 Å². The molecule has 0 fully saturated rings. The molecule has 0 aliphatic heterocycles. The van der Waals surface area contributed by atoms with E-state index in [1.165, 1.54) is 28.6 Å². The molecule has 28 heavy (non-hydrogen) atoms. The van der Waals surface area contributed by atoms with E-state index in [9.17, 15) is 4.79 Å². The molecule has 3 aromatic rings. The van der Waals surface area contributed by atoms with Gasteiger partial charge in [0, 0.05) is 0 Å². The van der Waals surface area contributed by atoms with Gasteiger partial charge in [0.2, 0.25) is 11.1 Å². The van der Waals surface area contributed by atoms with E-state index in [1.54, 1.807) is 0 Å². The first-order chi connectivity index (χ1) is 13.5. The van der Waals surface area contributed by atoms with Crippen LogP contribution in [0.2, 0.25) is 15.1 Å². The Kier molecular flexibility index (Phi) is 7.01. The molecule has 0 saturated heterocycles. The number of nitrogens with one attached hydrogen (secondary N) is 1. The van der Waals surface area contributed by atoms with Crippen LogP contribution in [0.3, 0.4) is 0 Å². The summed E-state index contributed by atoms with van der Waals surface area (Å²) in [6, 6.07) is 10.3. The number of hydrogen-bond donors (Lipinski definition) is 1. The number of rotatable bonds is 7. The molecule has 0 radical (unpaired) electrons. The summed E-state index contributed by atoms with van der Waals surface area (Å²) in [6.07, 6.45) is 0. The number of carbonyl (C=O) groups is 1. The van der Waals surface area contributed by atoms with Gasteiger partial charge in [0.05, 0.1) is 33.1 Å². The Morgan fingerprint density at radius 2 is 1.93 bits per heavy atom. The van der Waals surface area contributed by atoms with Gasteiger partial charge in [-0.15, -0.1) is 5.10 Å². The molecule has 1 aromatic heterocycles. The van der Waals surface area contributed by atoms with Crippen molar-refractivity contribution in [2.45, 2.75) is 12.1 Å². The molecule has 0 aliphatic carbocycles. The van der Waals surface area contributed by atoms with Gasteiger partial charge in [-0.25, -0.2) is 0 Å². The Balaban J connectivity index is 1.71. The summed E-state index contributed by atoms with van der Waals surface area (Å²) in [5.41, 5.74) is 1.06. The number of thioether (sulfide) groups is 1. The molecule has 0 unspecified atom stereocenters. The average molecular weight is 459 g/mol. The summed E-state index contributed by atoms with van der Waals surface area (Å²) < 4.78 is 7.13. The molecule has 1 N–H and O–H groups in total. The van der Waals surface area contributed by atoms with E-state index in [0.29, 0.717) is 44.0 Å². The van der Waals surface area contributed by atoms with Crippen LogP contribution in [0, 0.1) is 0 Å². The third-order valence-corrected chi connectivity index (χ3v) is 5.40. The minimum Gasteiger partial charge on any atom is -0.492 e. The van der Waals surface area contributed by atoms with Crippen LogP contribution in [0.15, 0.2) is 41.6 Å². The van der Waals surface area contributed by atoms with Crippen LogP contribution in [-0.2, 0) is 4.79 Å². The molecule has 2 aromatic carbocycles. The normalized spacial score (nSPS) is 10.7. The summed E-state index contributed by atoms with van der Waals surface area (Å²) in [4.78, 5) is 12.3. The monoisotopic (exact) mass is 457 g/mol. The minimum atomic E-state index is -0.294. The number of tetrazole rings is 1. The zero-order valence-corrected chi connectivity index (χ0v) is 17.6. The zero-order valence-electron chi connectivity index (χ0n) is 14.5. The van der Waals surface area contributed by atoms with Gasteiger partial charge >= 0.3 is 0 Å². The second-order valence-corrected chi connectivity index (χ2v) is 7.52. The smallest absolute Gasteiger partial charge is 0.234 e. The lowest BCUT2D eigenvalue weighted by Gasteiger charge is -2.11. The first-order valence-electron chi connectivity index (χ1n) is 8.07. The summed E-state index contributed by atoms with van der Waals surface area (Å²) >= 11 is 19.1. The van der Waals surface area contributed by atoms with Crippen molar-refractivity contribution in [1.29, 1.82) is 0 Å². The van der Waals surface area contributed by atoms with Crippen LogP contribution in [-0.4, -0.2) is 38.5 Å². The molecule has 1 amide bonds. The Hall–Kier alpha value is -2.00. The number of nitrogens with zero attached hydrogens (tertiary/aromatic N) is 4. The Morgan fingerprint density at radius 3 is 2.71 bits per heavy atom. The van der Waals surface area contributed by atoms with Gasteiger partial charge in [0.15, 0.2) is 0 Å². The maximum absolute atomic E-state index is 12.3. The predicted octanol–water partition coefficient (Wildman–Crippen LogP) is 4.75. The molecule has 11 heteroatoms. The van der Waals surface area contributed by atoms with Crippen LogP contribution in [0.25, 0.3) is 5.69 Å². The molecule has 0 spiro atoms. The second kappa shape index (κ2) is 9.47. The Bertz CT molecular complexity index is 999. The van der Waals surface area contributed by atoms with E-state index in [-0.39, 0.29) is 11.7 Å². The van der Waals surface area contributed by atoms with Gasteiger partial charge in [0.25, 0.3) is 0 Å². The highest BCUT2D eigenvalue weighted by Gasteiger charge is 2.16. The predicted molar refractivity (Wildman–Crippen MR) is 111 cm³/mol. The number of hydrogen-bond acceptors (Lipinski definition) is 6. The van der Waals surface area contributed by atoms with Gasteiger partial charge in [-0.2, -0.15) is 4.68 Å². The lowest BCUT2D eigenvalue weighted by atomic mass is 10.3. The van der Waals surface area contributed by atoms with Crippen molar-refractivity contribution < 1.29 is 9.53 Å². The molecule has 7 nitrogen and oxygen atoms in total. The van der Waals surface area contributed by atoms with Crippen molar-refractivity contribution in [1.82, 2.24) is 20.2 Å². The van der Waals surface area contributed by atoms with Crippen molar-refractivity contribution in [3.05, 3.63) is 51.5 Å². The third kappa shape index (κ3) is 4.88. The highest BCUT2D eigenvalue weighted by molar-refractivity contribution is 7.99. The van der Waals surface area contributed by atoms with Crippen LogP contribution >= 0.6 is 46.6 Å². The number of halogens is 3. The van der Waals surface area contributed by atoms with Crippen LogP contribution in [0.5, 0.6) is 5.75 Å². The lowest BCUT2D eigenvalue weighted by Crippen LogP contribution is -2.15. The number of benzene rings is 2. The summed E-state index contributed by atoms with van der Waals surface area (Å²) in [5, 5.41) is 15.7. The molecular weight excluding hydrogens is 445 g/mol. The zero-order chi connectivity index (χ0) is 20.1. The maximum atomic E-state index is 12.3. The summed E-state index contributed by atoms with van der Waals surface area (Å²) in [7, 11) is 0. The fraction of sp³-hybridized carbons (Fsp3) is 0.176.